The summed E-state index contributed by atoms with van der Waals surface area (Å²) in [5.41, 5.74) is 5.35. The molecule has 0 aliphatic carbocycles. The Morgan fingerprint density at radius 1 is 1.89 bits per heavy atom. The average Bonchev–Trinajstić information content (AvgIpc) is 2.10. The van der Waals surface area contributed by atoms with E-state index in [2.05, 4.69) is 5.10 Å². The molecule has 1 atom stereocenters. The SMILES string of the molecule is CC1=NN(C)C(CN)O1. The van der Waals surface area contributed by atoms with Crippen LogP contribution in [0.3, 0.4) is 0 Å². The number of nitrogens with two attached hydrogens (primary N) is 1. The predicted molar refractivity (Wildman–Crippen MR) is 34.8 cm³/mol. The molecular formula is C5H11N3O. The number of ether oxygens (including phenoxy) is 1. The first-order chi connectivity index (χ1) is 4.24. The molecule has 0 saturated carbocycles. The Morgan fingerprint density at radius 2 is 2.56 bits per heavy atom. The van der Waals surface area contributed by atoms with Crippen LogP contribution < -0.4 is 5.73 Å². The lowest BCUT2D eigenvalue weighted by Gasteiger charge is -2.14. The van der Waals surface area contributed by atoms with Gasteiger partial charge in [-0.05, 0) is 0 Å². The third-order valence-corrected chi connectivity index (χ3v) is 1.22. The smallest absolute Gasteiger partial charge is 0.205 e. The maximum atomic E-state index is 5.35. The van der Waals surface area contributed by atoms with E-state index in [1.54, 1.807) is 5.01 Å². The van der Waals surface area contributed by atoms with E-state index in [0.717, 1.165) is 0 Å². The minimum Gasteiger partial charge on any atom is -0.453 e. The molecule has 2 N–H and O–H groups in total. The van der Waals surface area contributed by atoms with Crippen LogP contribution in [0.2, 0.25) is 0 Å². The van der Waals surface area contributed by atoms with Gasteiger partial charge in [0, 0.05) is 14.0 Å². The first kappa shape index (κ1) is 6.35. The lowest BCUT2D eigenvalue weighted by atomic mass is 10.5. The fraction of sp³-hybridized carbons (Fsp3) is 0.800. The molecule has 0 amide bonds. The van der Waals surface area contributed by atoms with Gasteiger partial charge in [-0.25, -0.2) is 0 Å². The van der Waals surface area contributed by atoms with Crippen molar-refractivity contribution in [1.29, 1.82) is 0 Å². The van der Waals surface area contributed by atoms with Crippen molar-refractivity contribution in [3.63, 3.8) is 0 Å². The molecule has 1 aliphatic heterocycles. The van der Waals surface area contributed by atoms with E-state index in [9.17, 15) is 0 Å². The summed E-state index contributed by atoms with van der Waals surface area (Å²) in [4.78, 5) is 0. The monoisotopic (exact) mass is 129 g/mol. The van der Waals surface area contributed by atoms with Gasteiger partial charge in [0.1, 0.15) is 0 Å². The molecule has 1 heterocycles. The van der Waals surface area contributed by atoms with Crippen molar-refractivity contribution in [2.75, 3.05) is 13.6 Å². The van der Waals surface area contributed by atoms with Crippen molar-refractivity contribution >= 4 is 5.90 Å². The maximum Gasteiger partial charge on any atom is 0.205 e. The van der Waals surface area contributed by atoms with E-state index >= 15 is 0 Å². The summed E-state index contributed by atoms with van der Waals surface area (Å²) in [5.74, 6) is 0.688. The first-order valence-corrected chi connectivity index (χ1v) is 2.89. The summed E-state index contributed by atoms with van der Waals surface area (Å²) in [6, 6.07) is 0. The van der Waals surface area contributed by atoms with Crippen LogP contribution in [-0.4, -0.2) is 30.7 Å². The summed E-state index contributed by atoms with van der Waals surface area (Å²) >= 11 is 0. The molecule has 0 aromatic carbocycles. The van der Waals surface area contributed by atoms with E-state index in [4.69, 9.17) is 10.5 Å². The van der Waals surface area contributed by atoms with Gasteiger partial charge in [0.25, 0.3) is 0 Å². The van der Waals surface area contributed by atoms with Crippen LogP contribution >= 0.6 is 0 Å². The van der Waals surface area contributed by atoms with E-state index in [-0.39, 0.29) is 6.23 Å². The maximum absolute atomic E-state index is 5.35. The molecule has 1 rings (SSSR count). The molecule has 0 aromatic heterocycles. The first-order valence-electron chi connectivity index (χ1n) is 2.89. The lowest BCUT2D eigenvalue weighted by molar-refractivity contribution is 0.0853. The second-order valence-corrected chi connectivity index (χ2v) is 2.00. The van der Waals surface area contributed by atoms with Crippen LogP contribution in [0.4, 0.5) is 0 Å². The average molecular weight is 129 g/mol. The standard InChI is InChI=1S/C5H11N3O/c1-4-7-8(2)5(3-6)9-4/h5H,3,6H2,1-2H3. The number of hydrazone groups is 1. The van der Waals surface area contributed by atoms with Gasteiger partial charge in [0.2, 0.25) is 12.1 Å². The van der Waals surface area contributed by atoms with E-state index < -0.39 is 0 Å². The number of hydrogen-bond acceptors (Lipinski definition) is 4. The zero-order valence-electron chi connectivity index (χ0n) is 5.66. The third kappa shape index (κ3) is 1.13. The van der Waals surface area contributed by atoms with Gasteiger partial charge in [-0.3, -0.25) is 5.01 Å². The van der Waals surface area contributed by atoms with Gasteiger partial charge in [-0.1, -0.05) is 0 Å². The van der Waals surface area contributed by atoms with Crippen LogP contribution in [0.5, 0.6) is 0 Å². The van der Waals surface area contributed by atoms with Crippen molar-refractivity contribution in [3.8, 4) is 0 Å². The van der Waals surface area contributed by atoms with Crippen LogP contribution in [0.1, 0.15) is 6.92 Å². The summed E-state index contributed by atoms with van der Waals surface area (Å²) in [7, 11) is 1.84. The molecule has 1 aliphatic rings. The molecule has 4 heteroatoms. The second-order valence-electron chi connectivity index (χ2n) is 2.00. The molecule has 0 radical (unpaired) electrons. The van der Waals surface area contributed by atoms with Gasteiger partial charge >= 0.3 is 0 Å². The minimum absolute atomic E-state index is 0.0509. The van der Waals surface area contributed by atoms with Crippen LogP contribution in [0.15, 0.2) is 5.10 Å². The highest BCUT2D eigenvalue weighted by atomic mass is 16.5. The van der Waals surface area contributed by atoms with Crippen LogP contribution in [0, 0.1) is 0 Å². The topological polar surface area (TPSA) is 50.8 Å². The normalized spacial score (nSPS) is 25.9. The fourth-order valence-electron chi connectivity index (χ4n) is 0.784. The molecule has 0 spiro atoms. The van der Waals surface area contributed by atoms with Crippen LogP contribution in [0.25, 0.3) is 0 Å². The molecule has 52 valence electrons. The predicted octanol–water partition coefficient (Wildman–Crippen LogP) is -0.433. The molecule has 1 unspecified atom stereocenters. The molecule has 0 saturated heterocycles. The molecule has 0 bridgehead atoms. The number of likely N-dealkylation sites (N-methyl/N-ethyl adjacent to an activating group) is 1. The Hall–Kier alpha value is -0.770. The van der Waals surface area contributed by atoms with Crippen molar-refractivity contribution in [3.05, 3.63) is 0 Å². The lowest BCUT2D eigenvalue weighted by Crippen LogP contribution is -2.32. The van der Waals surface area contributed by atoms with Crippen LogP contribution in [-0.2, 0) is 4.74 Å². The highest BCUT2D eigenvalue weighted by molar-refractivity contribution is 5.74. The highest BCUT2D eigenvalue weighted by Crippen LogP contribution is 2.06. The molecule has 4 nitrogen and oxygen atoms in total. The summed E-state index contributed by atoms with van der Waals surface area (Å²) in [6.45, 7) is 2.30. The Kier molecular flexibility index (Phi) is 1.57. The molecule has 9 heavy (non-hydrogen) atoms. The quantitative estimate of drug-likeness (QED) is 0.522. The highest BCUT2D eigenvalue weighted by Gasteiger charge is 2.19. The fourth-order valence-corrected chi connectivity index (χ4v) is 0.784. The van der Waals surface area contributed by atoms with Gasteiger partial charge < -0.3 is 10.5 Å². The zero-order chi connectivity index (χ0) is 6.85. The van der Waals surface area contributed by atoms with Gasteiger partial charge in [-0.2, -0.15) is 0 Å². The van der Waals surface area contributed by atoms with Crippen molar-refractivity contribution in [1.82, 2.24) is 5.01 Å². The Morgan fingerprint density at radius 3 is 2.78 bits per heavy atom. The van der Waals surface area contributed by atoms with Crippen molar-refractivity contribution in [2.45, 2.75) is 13.2 Å². The molecular weight excluding hydrogens is 118 g/mol. The summed E-state index contributed by atoms with van der Waals surface area (Å²) in [5, 5.41) is 5.71. The van der Waals surface area contributed by atoms with Crippen molar-refractivity contribution < 1.29 is 4.74 Å². The van der Waals surface area contributed by atoms with Crippen molar-refractivity contribution in [2.24, 2.45) is 10.8 Å². The summed E-state index contributed by atoms with van der Waals surface area (Å²) < 4.78 is 5.17. The minimum atomic E-state index is -0.0509. The summed E-state index contributed by atoms with van der Waals surface area (Å²) in [6.07, 6.45) is -0.0509. The number of hydrogen-bond donors (Lipinski definition) is 1. The Balaban J connectivity index is 2.49. The van der Waals surface area contributed by atoms with Gasteiger partial charge in [0.05, 0.1) is 6.54 Å². The van der Waals surface area contributed by atoms with Gasteiger partial charge in [-0.15, -0.1) is 5.10 Å². The third-order valence-electron chi connectivity index (χ3n) is 1.22. The second kappa shape index (κ2) is 2.23. The largest absolute Gasteiger partial charge is 0.453 e. The zero-order valence-corrected chi connectivity index (χ0v) is 5.66. The number of rotatable bonds is 1. The van der Waals surface area contributed by atoms with Gasteiger partial charge in [0.15, 0.2) is 0 Å². The van der Waals surface area contributed by atoms with E-state index in [1.807, 2.05) is 14.0 Å². The number of nitrogens with zero attached hydrogens (tertiary/aromatic N) is 2. The Bertz CT molecular complexity index is 134. The van der Waals surface area contributed by atoms with E-state index in [1.165, 1.54) is 0 Å². The molecule has 0 fully saturated rings. The van der Waals surface area contributed by atoms with E-state index in [0.29, 0.717) is 12.4 Å². The Labute approximate surface area is 54.3 Å². The molecule has 0 aromatic rings.